The van der Waals surface area contributed by atoms with Crippen LogP contribution in [0.2, 0.25) is 0 Å². The fourth-order valence-corrected chi connectivity index (χ4v) is 15.9. The van der Waals surface area contributed by atoms with E-state index in [2.05, 4.69) is 41.5 Å². The summed E-state index contributed by atoms with van der Waals surface area (Å²) in [5.74, 6) is -0.437. The van der Waals surface area contributed by atoms with E-state index >= 15 is 0 Å². The van der Waals surface area contributed by atoms with Crippen LogP contribution < -0.4 is 0 Å². The molecule has 0 aromatic carbocycles. The summed E-state index contributed by atoms with van der Waals surface area (Å²) < 4.78 is 69.1. The van der Waals surface area contributed by atoms with Gasteiger partial charge in [0, 0.05) is 25.7 Å². The Labute approximate surface area is 677 Å². The maximum Gasteiger partial charge on any atom is 0.472 e. The lowest BCUT2D eigenvalue weighted by molar-refractivity contribution is -0.161. The van der Waals surface area contributed by atoms with Crippen LogP contribution in [0.15, 0.2) is 0 Å². The molecule has 6 atom stereocenters. The molecule has 3 unspecified atom stereocenters. The zero-order chi connectivity index (χ0) is 80.6. The van der Waals surface area contributed by atoms with Crippen LogP contribution >= 0.6 is 15.6 Å². The highest BCUT2D eigenvalue weighted by Crippen LogP contribution is 2.45. The van der Waals surface area contributed by atoms with Crippen molar-refractivity contribution in [3.63, 3.8) is 0 Å². The summed E-state index contributed by atoms with van der Waals surface area (Å²) in [6.07, 6.45) is 76.4. The molecule has 0 spiro atoms. The van der Waals surface area contributed by atoms with Gasteiger partial charge in [-0.05, 0) is 37.5 Å². The van der Waals surface area contributed by atoms with Gasteiger partial charge in [0.25, 0.3) is 0 Å². The van der Waals surface area contributed by atoms with E-state index < -0.39 is 97.5 Å². The quantitative estimate of drug-likeness (QED) is 0.0222. The molecule has 0 rings (SSSR count). The molecule has 17 nitrogen and oxygen atoms in total. The Balaban J connectivity index is 5.23. The summed E-state index contributed by atoms with van der Waals surface area (Å²) in [7, 11) is -9.93. The van der Waals surface area contributed by atoms with Crippen LogP contribution in [0.25, 0.3) is 0 Å². The van der Waals surface area contributed by atoms with E-state index in [-0.39, 0.29) is 25.7 Å². The average Bonchev–Trinajstić information content (AvgIpc) is 0.898. The number of ether oxygens (including phenoxy) is 4. The first kappa shape index (κ1) is 108. The number of rotatable bonds is 90. The van der Waals surface area contributed by atoms with E-state index in [1.54, 1.807) is 0 Å². The minimum absolute atomic E-state index is 0.108. The lowest BCUT2D eigenvalue weighted by Gasteiger charge is -2.21. The van der Waals surface area contributed by atoms with Crippen molar-refractivity contribution in [3.05, 3.63) is 0 Å². The minimum atomic E-state index is -4.97. The molecule has 0 heterocycles. The summed E-state index contributed by atoms with van der Waals surface area (Å²) in [6, 6.07) is 0. The highest BCUT2D eigenvalue weighted by Gasteiger charge is 2.31. The molecule has 110 heavy (non-hydrogen) atoms. The fourth-order valence-electron chi connectivity index (χ4n) is 14.3. The van der Waals surface area contributed by atoms with Crippen molar-refractivity contribution in [2.45, 2.75) is 509 Å². The summed E-state index contributed by atoms with van der Waals surface area (Å²) >= 11 is 0. The zero-order valence-corrected chi connectivity index (χ0v) is 74.4. The maximum absolute atomic E-state index is 13.2. The first-order valence-electron chi connectivity index (χ1n) is 47.0. The van der Waals surface area contributed by atoms with Crippen LogP contribution in [-0.4, -0.2) is 96.7 Å². The fraction of sp³-hybridized carbons (Fsp3) is 0.956. The molecule has 0 saturated carbocycles. The van der Waals surface area contributed by atoms with Gasteiger partial charge >= 0.3 is 39.5 Å². The van der Waals surface area contributed by atoms with Crippen LogP contribution in [0.5, 0.6) is 0 Å². The van der Waals surface area contributed by atoms with Gasteiger partial charge in [-0.25, -0.2) is 9.13 Å². The number of phosphoric acid groups is 2. The number of carbonyl (C=O) groups is 4. The van der Waals surface area contributed by atoms with Crippen LogP contribution in [-0.2, 0) is 65.4 Å². The molecule has 0 bridgehead atoms. The lowest BCUT2D eigenvalue weighted by atomic mass is 9.99. The molecule has 0 radical (unpaired) electrons. The van der Waals surface area contributed by atoms with Crippen molar-refractivity contribution in [3.8, 4) is 0 Å². The topological polar surface area (TPSA) is 237 Å². The standard InChI is InChI=1S/C91H178O17P2/c1-7-10-12-14-16-18-20-21-22-23-24-25-26-27-28-33-39-45-51-57-63-69-75-90(95)108-87(80-102-89(94)74-68-62-56-50-44-38-32-30-29-31-36-42-47-53-59-65-71-83(4)5)82-106-110(99,100)104-78-85(92)77-103-109(97,98)105-81-86(79-101-88(93)73-67-61-55-49-41-19-17-15-13-11-8-2)107-91(96)76-70-64-58-52-46-40-35-34-37-43-48-54-60-66-72-84(6)9-3/h83-87,92H,7-82H2,1-6H3,(H,97,98)(H,99,100)/t84?,85-,86+,87+/m0/s1. The van der Waals surface area contributed by atoms with Crippen LogP contribution in [0.3, 0.4) is 0 Å². The summed E-state index contributed by atoms with van der Waals surface area (Å²) in [4.78, 5) is 73.4. The van der Waals surface area contributed by atoms with Crippen LogP contribution in [0.4, 0.5) is 0 Å². The molecular formula is C91H178O17P2. The zero-order valence-electron chi connectivity index (χ0n) is 72.6. The van der Waals surface area contributed by atoms with Gasteiger partial charge in [0.15, 0.2) is 12.2 Å². The minimum Gasteiger partial charge on any atom is -0.462 e. The largest absolute Gasteiger partial charge is 0.472 e. The third-order valence-corrected chi connectivity index (χ3v) is 23.7. The summed E-state index contributed by atoms with van der Waals surface area (Å²) in [5, 5.41) is 10.7. The van der Waals surface area contributed by atoms with Gasteiger partial charge in [0.05, 0.1) is 26.4 Å². The van der Waals surface area contributed by atoms with Gasteiger partial charge in [0.1, 0.15) is 19.3 Å². The monoisotopic (exact) mass is 1610 g/mol. The van der Waals surface area contributed by atoms with Gasteiger partial charge < -0.3 is 33.8 Å². The first-order chi connectivity index (χ1) is 53.4. The molecule has 0 fully saturated rings. The molecule has 19 heteroatoms. The molecule has 0 aromatic rings. The molecule has 0 aliphatic rings. The molecule has 0 saturated heterocycles. The Morgan fingerprint density at radius 3 is 0.691 bits per heavy atom. The number of aliphatic hydroxyl groups excluding tert-OH is 1. The lowest BCUT2D eigenvalue weighted by Crippen LogP contribution is -2.30. The number of hydrogen-bond acceptors (Lipinski definition) is 15. The predicted molar refractivity (Wildman–Crippen MR) is 455 cm³/mol. The van der Waals surface area contributed by atoms with Crippen molar-refractivity contribution in [1.82, 2.24) is 0 Å². The van der Waals surface area contributed by atoms with Crippen LogP contribution in [0, 0.1) is 11.8 Å². The van der Waals surface area contributed by atoms with Crippen molar-refractivity contribution in [1.29, 1.82) is 0 Å². The van der Waals surface area contributed by atoms with E-state index in [0.717, 1.165) is 102 Å². The number of esters is 4. The average molecular weight is 1610 g/mol. The molecule has 3 N–H and O–H groups in total. The molecule has 0 amide bonds. The highest BCUT2D eigenvalue weighted by atomic mass is 31.2. The van der Waals surface area contributed by atoms with E-state index in [1.807, 2.05) is 0 Å². The number of unbranched alkanes of at least 4 members (excludes halogenated alkanes) is 59. The summed E-state index contributed by atoms with van der Waals surface area (Å²) in [6.45, 7) is 9.78. The second kappa shape index (κ2) is 82.2. The van der Waals surface area contributed by atoms with Crippen LogP contribution in [0.1, 0.15) is 491 Å². The molecule has 0 aliphatic heterocycles. The Hall–Kier alpha value is -1.94. The third kappa shape index (κ3) is 82.6. The van der Waals surface area contributed by atoms with Gasteiger partial charge in [-0.3, -0.25) is 37.3 Å². The van der Waals surface area contributed by atoms with Crippen molar-refractivity contribution in [2.24, 2.45) is 11.8 Å². The molecular weight excluding hydrogens is 1430 g/mol. The van der Waals surface area contributed by atoms with Crippen molar-refractivity contribution >= 4 is 39.5 Å². The predicted octanol–water partition coefficient (Wildman–Crippen LogP) is 28.2. The van der Waals surface area contributed by atoms with Gasteiger partial charge in [-0.2, -0.15) is 0 Å². The molecule has 0 aromatic heterocycles. The Morgan fingerprint density at radius 2 is 0.464 bits per heavy atom. The first-order valence-corrected chi connectivity index (χ1v) is 50.0. The second-order valence-electron chi connectivity index (χ2n) is 33.4. The van der Waals surface area contributed by atoms with Crippen molar-refractivity contribution in [2.75, 3.05) is 39.6 Å². The number of phosphoric ester groups is 2. The smallest absolute Gasteiger partial charge is 0.462 e. The van der Waals surface area contributed by atoms with E-state index in [1.165, 1.54) is 308 Å². The van der Waals surface area contributed by atoms with Crippen molar-refractivity contribution < 1.29 is 80.2 Å². The number of carbonyl (C=O) groups excluding carboxylic acids is 4. The molecule has 0 aliphatic carbocycles. The Bertz CT molecular complexity index is 2100. The third-order valence-electron chi connectivity index (χ3n) is 21.8. The van der Waals surface area contributed by atoms with E-state index in [9.17, 15) is 43.2 Å². The van der Waals surface area contributed by atoms with Gasteiger partial charge in [-0.1, -0.05) is 440 Å². The Morgan fingerprint density at radius 1 is 0.264 bits per heavy atom. The Kier molecular flexibility index (Phi) is 80.7. The van der Waals surface area contributed by atoms with E-state index in [0.29, 0.717) is 25.7 Å². The number of hydrogen-bond donors (Lipinski definition) is 3. The van der Waals surface area contributed by atoms with E-state index in [4.69, 9.17) is 37.0 Å². The van der Waals surface area contributed by atoms with Gasteiger partial charge in [-0.15, -0.1) is 0 Å². The normalized spacial score (nSPS) is 14.0. The number of aliphatic hydroxyl groups is 1. The molecule has 654 valence electrons. The summed E-state index contributed by atoms with van der Waals surface area (Å²) in [5.41, 5.74) is 0. The highest BCUT2D eigenvalue weighted by molar-refractivity contribution is 7.47. The second-order valence-corrected chi connectivity index (χ2v) is 36.3. The SMILES string of the molecule is CCCCCCCCCCCCCCCCCCCCCCCCC(=O)O[C@H](COC(=O)CCCCCCCCCCCCCCCCCCC(C)C)COP(=O)(O)OC[C@@H](O)COP(=O)(O)OC[C@@H](COC(=O)CCCCCCCCCCCCC)OC(=O)CCCCCCCCCCCCCCCCC(C)CC. The van der Waals surface area contributed by atoms with Gasteiger partial charge in [0.2, 0.25) is 0 Å². The maximum atomic E-state index is 13.2.